The van der Waals surface area contributed by atoms with Gasteiger partial charge in [-0.25, -0.2) is 8.42 Å². The number of carbonyl (C=O) groups excluding carboxylic acids is 2. The van der Waals surface area contributed by atoms with Gasteiger partial charge in [0.25, 0.3) is 5.91 Å². The highest BCUT2D eigenvalue weighted by Crippen LogP contribution is 2.35. The molecule has 2 heterocycles. The van der Waals surface area contributed by atoms with Gasteiger partial charge in [0.2, 0.25) is 15.9 Å². The van der Waals surface area contributed by atoms with E-state index in [1.165, 1.54) is 21.3 Å². The fraction of sp³-hybridized carbons (Fsp3) is 0.417. The highest BCUT2D eigenvalue weighted by molar-refractivity contribution is 7.89. The molecule has 33 heavy (non-hydrogen) atoms. The zero-order valence-corrected chi connectivity index (χ0v) is 19.6. The van der Waals surface area contributed by atoms with Crippen LogP contribution in [0.15, 0.2) is 47.4 Å². The first-order chi connectivity index (χ1) is 15.9. The van der Waals surface area contributed by atoms with Gasteiger partial charge in [0.15, 0.2) is 6.61 Å². The third-order valence-corrected chi connectivity index (χ3v) is 7.89. The Kier molecular flexibility index (Phi) is 6.99. The third kappa shape index (κ3) is 5.20. The van der Waals surface area contributed by atoms with Gasteiger partial charge in [-0.2, -0.15) is 4.31 Å². The molecule has 0 radical (unpaired) electrons. The van der Waals surface area contributed by atoms with E-state index in [9.17, 15) is 18.0 Å². The Bertz CT molecular complexity index is 1140. The van der Waals surface area contributed by atoms with E-state index in [0.717, 1.165) is 37.7 Å². The summed E-state index contributed by atoms with van der Waals surface area (Å²) in [5, 5.41) is 2.82. The number of hydrogen-bond acceptors (Lipinski definition) is 5. The molecule has 0 bridgehead atoms. The van der Waals surface area contributed by atoms with Crippen molar-refractivity contribution in [1.29, 1.82) is 0 Å². The van der Waals surface area contributed by atoms with E-state index in [-0.39, 0.29) is 24.0 Å². The van der Waals surface area contributed by atoms with Crippen LogP contribution in [-0.4, -0.2) is 50.8 Å². The minimum Gasteiger partial charge on any atom is -0.482 e. The molecule has 1 N–H and O–H groups in total. The first kappa shape index (κ1) is 23.3. The zero-order chi connectivity index (χ0) is 23.4. The average molecular weight is 472 g/mol. The molecule has 9 heteroatoms. The number of rotatable bonds is 6. The molecule has 0 aliphatic carbocycles. The predicted molar refractivity (Wildman–Crippen MR) is 126 cm³/mol. The molecule has 2 aromatic carbocycles. The smallest absolute Gasteiger partial charge is 0.265 e. The number of benzene rings is 2. The standard InChI is InChI=1S/C24H29N3O5S/c1-2-18-8-7-9-19(14-18)25-23(28)16-27-21-15-20(10-11-22(21)32-17-24(27)29)33(30,31)26-12-5-3-4-6-13-26/h7-11,14-15H,2-6,12-13,16-17H2,1H3,(H,25,28). The van der Waals surface area contributed by atoms with E-state index in [1.807, 2.05) is 25.1 Å². The second-order valence-corrected chi connectivity index (χ2v) is 10.3. The summed E-state index contributed by atoms with van der Waals surface area (Å²) in [4.78, 5) is 26.7. The van der Waals surface area contributed by atoms with Crippen LogP contribution in [0.3, 0.4) is 0 Å². The summed E-state index contributed by atoms with van der Waals surface area (Å²) in [6, 6.07) is 12.0. The van der Waals surface area contributed by atoms with Gasteiger partial charge in [0.1, 0.15) is 12.3 Å². The molecule has 2 aromatic rings. The molecule has 1 saturated heterocycles. The Hall–Kier alpha value is -2.91. The molecule has 0 unspecified atom stereocenters. The maximum Gasteiger partial charge on any atom is 0.265 e. The maximum atomic E-state index is 13.2. The van der Waals surface area contributed by atoms with Crippen molar-refractivity contribution in [3.63, 3.8) is 0 Å². The Morgan fingerprint density at radius 1 is 1.06 bits per heavy atom. The molecule has 2 amide bonds. The Morgan fingerprint density at radius 2 is 1.82 bits per heavy atom. The molecule has 2 aliphatic rings. The summed E-state index contributed by atoms with van der Waals surface area (Å²) in [5.41, 5.74) is 2.03. The summed E-state index contributed by atoms with van der Waals surface area (Å²) < 4.78 is 33.5. The average Bonchev–Trinajstić information content (AvgIpc) is 3.11. The number of nitrogens with one attached hydrogen (secondary N) is 1. The monoisotopic (exact) mass is 471 g/mol. The Morgan fingerprint density at radius 3 is 2.55 bits per heavy atom. The van der Waals surface area contributed by atoms with Gasteiger partial charge < -0.3 is 10.1 Å². The summed E-state index contributed by atoms with van der Waals surface area (Å²) in [6.45, 7) is 2.56. The molecule has 2 aliphatic heterocycles. The maximum absolute atomic E-state index is 13.2. The number of anilines is 2. The predicted octanol–water partition coefficient (Wildman–Crippen LogP) is 3.18. The van der Waals surface area contributed by atoms with Crippen LogP contribution in [0.5, 0.6) is 5.75 Å². The lowest BCUT2D eigenvalue weighted by molar-refractivity contribution is -0.123. The summed E-state index contributed by atoms with van der Waals surface area (Å²) in [6.07, 6.45) is 4.53. The van der Waals surface area contributed by atoms with Gasteiger partial charge in [-0.15, -0.1) is 0 Å². The lowest BCUT2D eigenvalue weighted by Gasteiger charge is -2.30. The van der Waals surface area contributed by atoms with Crippen molar-refractivity contribution in [3.05, 3.63) is 48.0 Å². The van der Waals surface area contributed by atoms with Crippen LogP contribution in [0.25, 0.3) is 0 Å². The quantitative estimate of drug-likeness (QED) is 0.698. The molecule has 176 valence electrons. The SMILES string of the molecule is CCc1cccc(NC(=O)CN2C(=O)COc3ccc(S(=O)(=O)N4CCCCCC4)cc32)c1. The highest BCUT2D eigenvalue weighted by Gasteiger charge is 2.31. The van der Waals surface area contributed by atoms with Gasteiger partial charge in [-0.05, 0) is 55.2 Å². The number of fused-ring (bicyclic) bond motifs is 1. The van der Waals surface area contributed by atoms with Crippen LogP contribution in [0.2, 0.25) is 0 Å². The molecular formula is C24H29N3O5S. The molecule has 4 rings (SSSR count). The number of amides is 2. The fourth-order valence-electron chi connectivity index (χ4n) is 4.16. The molecule has 8 nitrogen and oxygen atoms in total. The van der Waals surface area contributed by atoms with E-state index in [4.69, 9.17) is 4.74 Å². The van der Waals surface area contributed by atoms with Gasteiger partial charge in [0.05, 0.1) is 10.6 Å². The number of carbonyl (C=O) groups is 2. The lowest BCUT2D eigenvalue weighted by atomic mass is 10.1. The van der Waals surface area contributed by atoms with E-state index in [1.54, 1.807) is 12.1 Å². The summed E-state index contributed by atoms with van der Waals surface area (Å²) >= 11 is 0. The topological polar surface area (TPSA) is 96.0 Å². The van der Waals surface area contributed by atoms with Crippen LogP contribution in [0.4, 0.5) is 11.4 Å². The highest BCUT2D eigenvalue weighted by atomic mass is 32.2. The van der Waals surface area contributed by atoms with Crippen LogP contribution in [0, 0.1) is 0 Å². The van der Waals surface area contributed by atoms with Crippen molar-refractivity contribution >= 4 is 33.2 Å². The second-order valence-electron chi connectivity index (χ2n) is 8.32. The largest absolute Gasteiger partial charge is 0.482 e. The van der Waals surface area contributed by atoms with Crippen LogP contribution in [-0.2, 0) is 26.0 Å². The van der Waals surface area contributed by atoms with Gasteiger partial charge >= 0.3 is 0 Å². The number of aryl methyl sites for hydroxylation is 1. The van der Waals surface area contributed by atoms with Crippen molar-refractivity contribution < 1.29 is 22.7 Å². The van der Waals surface area contributed by atoms with Crippen molar-refractivity contribution in [2.75, 3.05) is 36.5 Å². The second kappa shape index (κ2) is 9.93. The molecule has 0 aromatic heterocycles. The summed E-state index contributed by atoms with van der Waals surface area (Å²) in [5.74, 6) is -0.389. The van der Waals surface area contributed by atoms with Gasteiger partial charge in [0, 0.05) is 18.8 Å². The van der Waals surface area contributed by atoms with E-state index in [0.29, 0.717) is 30.2 Å². The minimum atomic E-state index is -3.71. The normalized spacial score (nSPS) is 17.1. The van der Waals surface area contributed by atoms with Crippen LogP contribution >= 0.6 is 0 Å². The first-order valence-electron chi connectivity index (χ1n) is 11.3. The van der Waals surface area contributed by atoms with Crippen molar-refractivity contribution in [2.24, 2.45) is 0 Å². The van der Waals surface area contributed by atoms with Crippen molar-refractivity contribution in [2.45, 2.75) is 43.9 Å². The van der Waals surface area contributed by atoms with Gasteiger partial charge in [-0.1, -0.05) is 31.9 Å². The first-order valence-corrected chi connectivity index (χ1v) is 12.8. The molecule has 0 saturated carbocycles. The number of hydrogen-bond donors (Lipinski definition) is 1. The van der Waals surface area contributed by atoms with Crippen molar-refractivity contribution in [3.8, 4) is 5.75 Å². The van der Waals surface area contributed by atoms with Crippen molar-refractivity contribution in [1.82, 2.24) is 4.31 Å². The van der Waals surface area contributed by atoms with E-state index >= 15 is 0 Å². The zero-order valence-electron chi connectivity index (χ0n) is 18.7. The molecular weight excluding hydrogens is 442 g/mol. The van der Waals surface area contributed by atoms with Gasteiger partial charge in [-0.3, -0.25) is 14.5 Å². The minimum absolute atomic E-state index is 0.0995. The molecule has 0 spiro atoms. The molecule has 0 atom stereocenters. The fourth-order valence-corrected chi connectivity index (χ4v) is 5.70. The Balaban J connectivity index is 1.57. The number of nitrogens with zero attached hydrogens (tertiary/aromatic N) is 2. The Labute approximate surface area is 194 Å². The van der Waals surface area contributed by atoms with Crippen LogP contribution < -0.4 is 15.0 Å². The molecule has 1 fully saturated rings. The number of ether oxygens (including phenoxy) is 1. The third-order valence-electron chi connectivity index (χ3n) is 6.00. The lowest BCUT2D eigenvalue weighted by Crippen LogP contribution is -2.43. The number of sulfonamides is 1. The van der Waals surface area contributed by atoms with E-state index in [2.05, 4.69) is 5.32 Å². The summed E-state index contributed by atoms with van der Waals surface area (Å²) in [7, 11) is -3.71. The van der Waals surface area contributed by atoms with E-state index < -0.39 is 15.9 Å². The van der Waals surface area contributed by atoms with Crippen LogP contribution in [0.1, 0.15) is 38.2 Å².